The van der Waals surface area contributed by atoms with Gasteiger partial charge < -0.3 is 14.5 Å². The molecule has 1 heterocycles. The molecule has 0 aromatic rings. The van der Waals surface area contributed by atoms with Crippen LogP contribution in [0.25, 0.3) is 0 Å². The Morgan fingerprint density at radius 1 is 1.20 bits per heavy atom. The second-order valence-electron chi connectivity index (χ2n) is 5.93. The number of carbonyl (C=O) groups is 2. The predicted molar refractivity (Wildman–Crippen MR) is 79.7 cm³/mol. The van der Waals surface area contributed by atoms with Crippen molar-refractivity contribution in [3.05, 3.63) is 0 Å². The molecule has 1 amide bonds. The van der Waals surface area contributed by atoms with Gasteiger partial charge in [0.2, 0.25) is 5.91 Å². The molecule has 5 nitrogen and oxygen atoms in total. The average molecular weight is 300 g/mol. The Kier molecular flexibility index (Phi) is 5.32. The summed E-state index contributed by atoms with van der Waals surface area (Å²) in [5, 5.41) is 0. The summed E-state index contributed by atoms with van der Waals surface area (Å²) in [6.45, 7) is 3.60. The SMILES string of the molecule is COC(=O)CC1(CSCC(=O)N2CCN(C)CC2)CC1. The lowest BCUT2D eigenvalue weighted by Gasteiger charge is -2.32. The van der Waals surface area contributed by atoms with Crippen LogP contribution in [0.1, 0.15) is 19.3 Å². The van der Waals surface area contributed by atoms with E-state index in [2.05, 4.69) is 11.9 Å². The minimum absolute atomic E-state index is 0.111. The number of carbonyl (C=O) groups excluding carboxylic acids is 2. The molecule has 0 atom stereocenters. The number of hydrogen-bond donors (Lipinski definition) is 0. The van der Waals surface area contributed by atoms with Gasteiger partial charge in [0.15, 0.2) is 0 Å². The maximum atomic E-state index is 12.1. The van der Waals surface area contributed by atoms with Crippen LogP contribution in [0.5, 0.6) is 0 Å². The number of likely N-dealkylation sites (N-methyl/N-ethyl adjacent to an activating group) is 1. The van der Waals surface area contributed by atoms with Crippen molar-refractivity contribution >= 4 is 23.6 Å². The molecule has 1 saturated carbocycles. The van der Waals surface area contributed by atoms with E-state index in [1.54, 1.807) is 11.8 Å². The molecule has 1 aliphatic heterocycles. The summed E-state index contributed by atoms with van der Waals surface area (Å²) in [7, 11) is 3.52. The molecule has 114 valence electrons. The molecule has 0 N–H and O–H groups in total. The Hall–Kier alpha value is -0.750. The van der Waals surface area contributed by atoms with Gasteiger partial charge in [-0.15, -0.1) is 0 Å². The number of esters is 1. The van der Waals surface area contributed by atoms with Crippen LogP contribution in [0.2, 0.25) is 0 Å². The van der Waals surface area contributed by atoms with E-state index in [9.17, 15) is 9.59 Å². The van der Waals surface area contributed by atoms with Gasteiger partial charge in [0.1, 0.15) is 0 Å². The fourth-order valence-electron chi connectivity index (χ4n) is 2.43. The standard InChI is InChI=1S/C14H24N2O3S/c1-15-5-7-16(8-6-15)12(17)10-20-11-14(3-4-14)9-13(18)19-2/h3-11H2,1-2H3. The lowest BCUT2D eigenvalue weighted by molar-refractivity contribution is -0.141. The first-order chi connectivity index (χ1) is 9.54. The lowest BCUT2D eigenvalue weighted by Crippen LogP contribution is -2.47. The third kappa shape index (κ3) is 4.38. The molecular formula is C14H24N2O3S. The van der Waals surface area contributed by atoms with Crippen molar-refractivity contribution in [2.75, 3.05) is 51.8 Å². The Morgan fingerprint density at radius 2 is 1.85 bits per heavy atom. The van der Waals surface area contributed by atoms with Gasteiger partial charge in [0, 0.05) is 26.2 Å². The van der Waals surface area contributed by atoms with Crippen LogP contribution in [-0.4, -0.2) is 73.5 Å². The van der Waals surface area contributed by atoms with Crippen LogP contribution in [-0.2, 0) is 14.3 Å². The van der Waals surface area contributed by atoms with Crippen molar-refractivity contribution in [3.63, 3.8) is 0 Å². The normalized spacial score (nSPS) is 21.6. The summed E-state index contributed by atoms with van der Waals surface area (Å²) in [6, 6.07) is 0. The van der Waals surface area contributed by atoms with Crippen LogP contribution >= 0.6 is 11.8 Å². The Balaban J connectivity index is 1.65. The summed E-state index contributed by atoms with van der Waals surface area (Å²) in [5.41, 5.74) is 0.111. The zero-order valence-electron chi connectivity index (χ0n) is 12.4. The fourth-order valence-corrected chi connectivity index (χ4v) is 3.71. The van der Waals surface area contributed by atoms with Crippen LogP contribution in [0.3, 0.4) is 0 Å². The number of thioether (sulfide) groups is 1. The number of hydrogen-bond acceptors (Lipinski definition) is 5. The third-order valence-corrected chi connectivity index (χ3v) is 5.46. The zero-order valence-corrected chi connectivity index (χ0v) is 13.2. The molecule has 0 spiro atoms. The molecule has 0 aromatic carbocycles. The van der Waals surface area contributed by atoms with E-state index < -0.39 is 0 Å². The summed E-state index contributed by atoms with van der Waals surface area (Å²) in [4.78, 5) is 27.6. The van der Waals surface area contributed by atoms with Crippen LogP contribution in [0, 0.1) is 5.41 Å². The molecule has 0 bridgehead atoms. The van der Waals surface area contributed by atoms with E-state index in [4.69, 9.17) is 4.74 Å². The second kappa shape index (κ2) is 6.80. The molecule has 1 saturated heterocycles. The van der Waals surface area contributed by atoms with Crippen molar-refractivity contribution in [2.24, 2.45) is 5.41 Å². The maximum absolute atomic E-state index is 12.1. The van der Waals surface area contributed by atoms with E-state index >= 15 is 0 Å². The van der Waals surface area contributed by atoms with Crippen molar-refractivity contribution < 1.29 is 14.3 Å². The highest BCUT2D eigenvalue weighted by atomic mass is 32.2. The quantitative estimate of drug-likeness (QED) is 0.680. The highest BCUT2D eigenvalue weighted by Crippen LogP contribution is 2.51. The van der Waals surface area contributed by atoms with Crippen LogP contribution in [0.15, 0.2) is 0 Å². The topological polar surface area (TPSA) is 49.9 Å². The monoisotopic (exact) mass is 300 g/mol. The molecular weight excluding hydrogens is 276 g/mol. The number of ether oxygens (including phenoxy) is 1. The smallest absolute Gasteiger partial charge is 0.306 e. The molecule has 2 rings (SSSR count). The molecule has 2 aliphatic rings. The third-order valence-electron chi connectivity index (χ3n) is 4.19. The van der Waals surface area contributed by atoms with Crippen molar-refractivity contribution in [3.8, 4) is 0 Å². The van der Waals surface area contributed by atoms with Crippen molar-refractivity contribution in [2.45, 2.75) is 19.3 Å². The summed E-state index contributed by atoms with van der Waals surface area (Å²) < 4.78 is 4.73. The molecule has 0 aromatic heterocycles. The molecule has 2 fully saturated rings. The van der Waals surface area contributed by atoms with E-state index in [1.807, 2.05) is 4.90 Å². The Bertz CT molecular complexity index is 363. The van der Waals surface area contributed by atoms with Gasteiger partial charge in [-0.25, -0.2) is 0 Å². The number of methoxy groups -OCH3 is 1. The van der Waals surface area contributed by atoms with Gasteiger partial charge in [-0.1, -0.05) is 0 Å². The van der Waals surface area contributed by atoms with Gasteiger partial charge in [-0.2, -0.15) is 11.8 Å². The molecule has 20 heavy (non-hydrogen) atoms. The summed E-state index contributed by atoms with van der Waals surface area (Å²) >= 11 is 1.67. The van der Waals surface area contributed by atoms with Gasteiger partial charge in [0.05, 0.1) is 19.3 Å². The van der Waals surface area contributed by atoms with E-state index in [1.165, 1.54) is 7.11 Å². The van der Waals surface area contributed by atoms with Crippen molar-refractivity contribution in [1.82, 2.24) is 9.80 Å². The van der Waals surface area contributed by atoms with Gasteiger partial charge in [-0.05, 0) is 31.1 Å². The van der Waals surface area contributed by atoms with Crippen LogP contribution < -0.4 is 0 Å². The Labute approximate surface area is 125 Å². The molecule has 0 radical (unpaired) electrons. The van der Waals surface area contributed by atoms with E-state index in [0.29, 0.717) is 12.2 Å². The highest BCUT2D eigenvalue weighted by molar-refractivity contribution is 7.99. The highest BCUT2D eigenvalue weighted by Gasteiger charge is 2.44. The average Bonchev–Trinajstić information content (AvgIpc) is 3.19. The summed E-state index contributed by atoms with van der Waals surface area (Å²) in [6.07, 6.45) is 2.66. The lowest BCUT2D eigenvalue weighted by atomic mass is 10.1. The minimum atomic E-state index is -0.131. The zero-order chi connectivity index (χ0) is 14.6. The largest absolute Gasteiger partial charge is 0.469 e. The molecule has 0 unspecified atom stereocenters. The molecule has 1 aliphatic carbocycles. The first kappa shape index (κ1) is 15.6. The number of amides is 1. The van der Waals surface area contributed by atoms with Gasteiger partial charge in [0.25, 0.3) is 0 Å². The molecule has 6 heteroatoms. The first-order valence-corrected chi connectivity index (χ1v) is 8.31. The number of nitrogens with zero attached hydrogens (tertiary/aromatic N) is 2. The summed E-state index contributed by atoms with van der Waals surface area (Å²) in [5.74, 6) is 1.53. The number of piperazine rings is 1. The van der Waals surface area contributed by atoms with E-state index in [-0.39, 0.29) is 17.3 Å². The van der Waals surface area contributed by atoms with Crippen molar-refractivity contribution in [1.29, 1.82) is 0 Å². The van der Waals surface area contributed by atoms with Crippen LogP contribution in [0.4, 0.5) is 0 Å². The minimum Gasteiger partial charge on any atom is -0.469 e. The second-order valence-corrected chi connectivity index (χ2v) is 6.92. The predicted octanol–water partition coefficient (Wildman–Crippen LogP) is 0.837. The fraction of sp³-hybridized carbons (Fsp3) is 0.857. The van der Waals surface area contributed by atoms with Gasteiger partial charge in [-0.3, -0.25) is 9.59 Å². The Morgan fingerprint density at radius 3 is 2.40 bits per heavy atom. The van der Waals surface area contributed by atoms with E-state index in [0.717, 1.165) is 44.8 Å². The van der Waals surface area contributed by atoms with Gasteiger partial charge >= 0.3 is 5.97 Å². The maximum Gasteiger partial charge on any atom is 0.306 e. The number of rotatable bonds is 6. The first-order valence-electron chi connectivity index (χ1n) is 7.16.